The van der Waals surface area contributed by atoms with Crippen LogP contribution in [0, 0.1) is 5.82 Å². The summed E-state index contributed by atoms with van der Waals surface area (Å²) in [6, 6.07) is 12.5. The van der Waals surface area contributed by atoms with E-state index in [9.17, 15) is 14.0 Å². The molecule has 0 aromatic heterocycles. The zero-order valence-electron chi connectivity index (χ0n) is 13.9. The van der Waals surface area contributed by atoms with Crippen LogP contribution in [-0.2, 0) is 9.59 Å². The summed E-state index contributed by atoms with van der Waals surface area (Å²) in [5.41, 5.74) is 0.707. The highest BCUT2D eigenvalue weighted by Crippen LogP contribution is 2.25. The van der Waals surface area contributed by atoms with Crippen molar-refractivity contribution in [2.24, 2.45) is 0 Å². The van der Waals surface area contributed by atoms with Crippen LogP contribution in [0.2, 0.25) is 0 Å². The summed E-state index contributed by atoms with van der Waals surface area (Å²) >= 11 is 5.09. The van der Waals surface area contributed by atoms with Crippen molar-refractivity contribution in [1.82, 2.24) is 5.32 Å². The normalized spacial score (nSPS) is 16.0. The van der Waals surface area contributed by atoms with Crippen LogP contribution in [-0.4, -0.2) is 23.5 Å². The lowest BCUT2D eigenvalue weighted by Gasteiger charge is -2.29. The van der Waals surface area contributed by atoms with Gasteiger partial charge in [0.1, 0.15) is 17.1 Å². The summed E-state index contributed by atoms with van der Waals surface area (Å²) in [6.45, 7) is 2.28. The van der Waals surface area contributed by atoms with E-state index < -0.39 is 17.6 Å². The van der Waals surface area contributed by atoms with Gasteiger partial charge in [0.05, 0.1) is 12.3 Å². The molecule has 0 saturated carbocycles. The zero-order valence-corrected chi connectivity index (χ0v) is 14.7. The van der Waals surface area contributed by atoms with Crippen LogP contribution >= 0.6 is 12.2 Å². The minimum absolute atomic E-state index is 0.0964. The fourth-order valence-electron chi connectivity index (χ4n) is 2.55. The van der Waals surface area contributed by atoms with Gasteiger partial charge in [0.2, 0.25) is 0 Å². The Morgan fingerprint density at radius 2 is 1.96 bits per heavy atom. The second kappa shape index (κ2) is 7.45. The maximum Gasteiger partial charge on any atom is 0.270 e. The molecule has 1 aliphatic heterocycles. The lowest BCUT2D eigenvalue weighted by Crippen LogP contribution is -2.54. The number of hydrogen-bond donors (Lipinski definition) is 1. The number of anilines is 1. The molecule has 0 radical (unpaired) electrons. The average Bonchev–Trinajstić information content (AvgIpc) is 2.60. The number of benzene rings is 2. The number of ether oxygens (including phenoxy) is 1. The number of amides is 2. The first-order valence-corrected chi connectivity index (χ1v) is 8.31. The SMILES string of the molecule is CCOc1ccccc1C=C1C(=O)NC(=S)N(c2cccc(F)c2)C1=O. The van der Waals surface area contributed by atoms with Crippen molar-refractivity contribution in [3.63, 3.8) is 0 Å². The van der Waals surface area contributed by atoms with E-state index >= 15 is 0 Å². The number of carbonyl (C=O) groups excluding carboxylic acids is 2. The standard InChI is InChI=1S/C19H15FN2O3S/c1-2-25-16-9-4-3-6-12(16)10-15-17(23)21-19(26)22(18(15)24)14-8-5-7-13(20)11-14/h3-11H,2H2,1H3,(H,21,23,26). The van der Waals surface area contributed by atoms with Gasteiger partial charge in [0.15, 0.2) is 5.11 Å². The molecule has 0 unspecified atom stereocenters. The molecule has 7 heteroatoms. The third-order valence-corrected chi connectivity index (χ3v) is 3.97. The first-order chi connectivity index (χ1) is 12.5. The van der Waals surface area contributed by atoms with E-state index in [0.717, 1.165) is 4.90 Å². The molecule has 2 aromatic rings. The van der Waals surface area contributed by atoms with Gasteiger partial charge in [-0.15, -0.1) is 0 Å². The summed E-state index contributed by atoms with van der Waals surface area (Å²) in [7, 11) is 0. The van der Waals surface area contributed by atoms with Crippen LogP contribution in [0.5, 0.6) is 5.75 Å². The summed E-state index contributed by atoms with van der Waals surface area (Å²) in [5, 5.41) is 2.37. The molecule has 3 rings (SSSR count). The molecule has 132 valence electrons. The van der Waals surface area contributed by atoms with Crippen molar-refractivity contribution in [2.45, 2.75) is 6.92 Å². The van der Waals surface area contributed by atoms with E-state index in [1.807, 2.05) is 6.92 Å². The fourth-order valence-corrected chi connectivity index (χ4v) is 2.83. The van der Waals surface area contributed by atoms with E-state index in [2.05, 4.69) is 5.32 Å². The second-order valence-electron chi connectivity index (χ2n) is 5.41. The molecule has 5 nitrogen and oxygen atoms in total. The minimum atomic E-state index is -0.629. The van der Waals surface area contributed by atoms with Crippen molar-refractivity contribution in [3.05, 3.63) is 65.5 Å². The first kappa shape index (κ1) is 17.8. The van der Waals surface area contributed by atoms with Crippen LogP contribution in [0.3, 0.4) is 0 Å². The number of rotatable bonds is 4. The molecule has 2 aromatic carbocycles. The Bertz CT molecular complexity index is 927. The van der Waals surface area contributed by atoms with Crippen LogP contribution < -0.4 is 15.0 Å². The smallest absolute Gasteiger partial charge is 0.270 e. The van der Waals surface area contributed by atoms with Gasteiger partial charge in [-0.1, -0.05) is 24.3 Å². The van der Waals surface area contributed by atoms with Gasteiger partial charge in [-0.2, -0.15) is 0 Å². The Labute approximate surface area is 155 Å². The summed E-state index contributed by atoms with van der Waals surface area (Å²) in [4.78, 5) is 26.3. The fraction of sp³-hybridized carbons (Fsp3) is 0.105. The summed E-state index contributed by atoms with van der Waals surface area (Å²) < 4.78 is 19.1. The molecule has 1 aliphatic rings. The van der Waals surface area contributed by atoms with Gasteiger partial charge in [0, 0.05) is 5.56 Å². The number of hydrogen-bond acceptors (Lipinski definition) is 4. The van der Waals surface area contributed by atoms with Crippen molar-refractivity contribution >= 4 is 40.9 Å². The van der Waals surface area contributed by atoms with Gasteiger partial charge >= 0.3 is 0 Å². The predicted octanol–water partition coefficient (Wildman–Crippen LogP) is 3.06. The van der Waals surface area contributed by atoms with Crippen LogP contribution in [0.4, 0.5) is 10.1 Å². The zero-order chi connectivity index (χ0) is 18.7. The molecule has 1 saturated heterocycles. The van der Waals surface area contributed by atoms with Gasteiger partial charge in [-0.25, -0.2) is 4.39 Å². The Morgan fingerprint density at radius 1 is 1.19 bits per heavy atom. The highest BCUT2D eigenvalue weighted by molar-refractivity contribution is 7.80. The Morgan fingerprint density at radius 3 is 2.69 bits per heavy atom. The molecule has 26 heavy (non-hydrogen) atoms. The number of para-hydroxylation sites is 1. The van der Waals surface area contributed by atoms with Crippen molar-refractivity contribution in [3.8, 4) is 5.75 Å². The van der Waals surface area contributed by atoms with E-state index in [4.69, 9.17) is 17.0 Å². The van der Waals surface area contributed by atoms with E-state index in [1.54, 1.807) is 24.3 Å². The third-order valence-electron chi connectivity index (χ3n) is 3.69. The second-order valence-corrected chi connectivity index (χ2v) is 5.80. The average molecular weight is 370 g/mol. The van der Waals surface area contributed by atoms with E-state index in [0.29, 0.717) is 17.9 Å². The number of halogens is 1. The molecule has 1 N–H and O–H groups in total. The molecular formula is C19H15FN2O3S. The lowest BCUT2D eigenvalue weighted by atomic mass is 10.1. The van der Waals surface area contributed by atoms with E-state index in [-0.39, 0.29) is 16.4 Å². The van der Waals surface area contributed by atoms with Crippen molar-refractivity contribution in [2.75, 3.05) is 11.5 Å². The highest BCUT2D eigenvalue weighted by atomic mass is 32.1. The molecule has 1 heterocycles. The van der Waals surface area contributed by atoms with Crippen molar-refractivity contribution < 1.29 is 18.7 Å². The van der Waals surface area contributed by atoms with Crippen LogP contribution in [0.15, 0.2) is 54.1 Å². The van der Waals surface area contributed by atoms with Gasteiger partial charge in [-0.05, 0) is 49.5 Å². The number of nitrogens with one attached hydrogen (secondary N) is 1. The molecule has 0 atom stereocenters. The van der Waals surface area contributed by atoms with Gasteiger partial charge in [-0.3, -0.25) is 19.8 Å². The Balaban J connectivity index is 2.03. The van der Waals surface area contributed by atoms with Gasteiger partial charge in [0.25, 0.3) is 11.8 Å². The van der Waals surface area contributed by atoms with Crippen LogP contribution in [0.1, 0.15) is 12.5 Å². The Hall–Kier alpha value is -3.06. The monoisotopic (exact) mass is 370 g/mol. The number of nitrogens with zero attached hydrogens (tertiary/aromatic N) is 1. The van der Waals surface area contributed by atoms with Crippen molar-refractivity contribution in [1.29, 1.82) is 0 Å². The third kappa shape index (κ3) is 3.48. The summed E-state index contributed by atoms with van der Waals surface area (Å²) in [5.74, 6) is -1.20. The van der Waals surface area contributed by atoms with E-state index in [1.165, 1.54) is 30.3 Å². The highest BCUT2D eigenvalue weighted by Gasteiger charge is 2.34. The maximum absolute atomic E-state index is 13.5. The first-order valence-electron chi connectivity index (χ1n) is 7.90. The molecule has 1 fully saturated rings. The van der Waals surface area contributed by atoms with Gasteiger partial charge < -0.3 is 4.74 Å². The summed E-state index contributed by atoms with van der Waals surface area (Å²) in [6.07, 6.45) is 1.44. The molecule has 2 amide bonds. The quantitative estimate of drug-likeness (QED) is 0.511. The predicted molar refractivity (Wildman–Crippen MR) is 100 cm³/mol. The minimum Gasteiger partial charge on any atom is -0.493 e. The van der Waals surface area contributed by atoms with Crippen LogP contribution in [0.25, 0.3) is 6.08 Å². The molecule has 0 spiro atoms. The molecule has 0 bridgehead atoms. The largest absolute Gasteiger partial charge is 0.493 e. The maximum atomic E-state index is 13.5. The molecule has 0 aliphatic carbocycles. The molecular weight excluding hydrogens is 355 g/mol. The number of carbonyl (C=O) groups is 2. The lowest BCUT2D eigenvalue weighted by molar-refractivity contribution is -0.122. The topological polar surface area (TPSA) is 58.6 Å². The Kier molecular flexibility index (Phi) is 5.09. The number of thiocarbonyl (C=S) groups is 1.